The molecule has 7 nitrogen and oxygen atoms in total. The van der Waals surface area contributed by atoms with Crippen molar-refractivity contribution in [2.45, 2.75) is 27.3 Å². The van der Waals surface area contributed by atoms with E-state index in [1.807, 2.05) is 51.1 Å². The Hall–Kier alpha value is -2.36. The van der Waals surface area contributed by atoms with Crippen LogP contribution in [0, 0.1) is 20.8 Å². The van der Waals surface area contributed by atoms with E-state index in [9.17, 15) is 13.2 Å². The van der Waals surface area contributed by atoms with Gasteiger partial charge in [-0.25, -0.2) is 23.1 Å². The van der Waals surface area contributed by atoms with Gasteiger partial charge in [-0.2, -0.15) is 0 Å². The molecule has 1 amide bonds. The Bertz CT molecular complexity index is 1110. The van der Waals surface area contributed by atoms with E-state index in [0.717, 1.165) is 27.0 Å². The molecule has 0 aliphatic heterocycles. The zero-order chi connectivity index (χ0) is 20.3. The number of amides is 1. The Labute approximate surface area is 168 Å². The molecule has 0 spiro atoms. The van der Waals surface area contributed by atoms with Crippen LogP contribution in [0.15, 0.2) is 30.3 Å². The van der Waals surface area contributed by atoms with Crippen molar-refractivity contribution in [3.8, 4) is 0 Å². The van der Waals surface area contributed by atoms with Gasteiger partial charge in [0.25, 0.3) is 5.91 Å². The van der Waals surface area contributed by atoms with Crippen LogP contribution >= 0.6 is 11.3 Å². The molecule has 0 aliphatic carbocycles. The summed E-state index contributed by atoms with van der Waals surface area (Å²) in [6, 6.07) is 9.27. The van der Waals surface area contributed by atoms with Crippen molar-refractivity contribution in [3.05, 3.63) is 57.9 Å². The van der Waals surface area contributed by atoms with Crippen molar-refractivity contribution in [2.75, 3.05) is 12.3 Å². The Balaban J connectivity index is 1.60. The van der Waals surface area contributed by atoms with Crippen LogP contribution < -0.4 is 10.0 Å². The molecule has 0 saturated heterocycles. The molecule has 2 aromatic heterocycles. The van der Waals surface area contributed by atoms with E-state index < -0.39 is 10.0 Å². The Morgan fingerprint density at radius 2 is 1.82 bits per heavy atom. The number of hydrogen-bond acceptors (Lipinski definition) is 6. The molecule has 28 heavy (non-hydrogen) atoms. The summed E-state index contributed by atoms with van der Waals surface area (Å²) in [5, 5.41) is 3.58. The molecule has 3 rings (SSSR count). The van der Waals surface area contributed by atoms with Gasteiger partial charge in [-0.15, -0.1) is 11.3 Å². The fourth-order valence-corrected chi connectivity index (χ4v) is 5.03. The van der Waals surface area contributed by atoms with Gasteiger partial charge < -0.3 is 5.32 Å². The van der Waals surface area contributed by atoms with Crippen molar-refractivity contribution < 1.29 is 13.2 Å². The van der Waals surface area contributed by atoms with Crippen molar-refractivity contribution >= 4 is 37.5 Å². The second kappa shape index (κ2) is 8.34. The minimum absolute atomic E-state index is 0.0281. The number of nitrogens with zero attached hydrogens (tertiary/aromatic N) is 2. The van der Waals surface area contributed by atoms with Gasteiger partial charge in [-0.1, -0.05) is 30.3 Å². The van der Waals surface area contributed by atoms with Crippen LogP contribution in [-0.4, -0.2) is 36.6 Å². The van der Waals surface area contributed by atoms with E-state index >= 15 is 0 Å². The first-order valence-corrected chi connectivity index (χ1v) is 11.3. The summed E-state index contributed by atoms with van der Waals surface area (Å²) in [6.07, 6.45) is 0. The highest BCUT2D eigenvalue weighted by Crippen LogP contribution is 2.31. The number of sulfonamides is 1. The maximum Gasteiger partial charge on any atom is 0.261 e. The van der Waals surface area contributed by atoms with Crippen molar-refractivity contribution in [2.24, 2.45) is 0 Å². The summed E-state index contributed by atoms with van der Waals surface area (Å²) in [7, 11) is -3.49. The Morgan fingerprint density at radius 1 is 1.11 bits per heavy atom. The average Bonchev–Trinajstić information content (AvgIpc) is 2.97. The molecule has 0 atom stereocenters. The number of hydrogen-bond donors (Lipinski definition) is 2. The molecule has 1 aromatic carbocycles. The third-order valence-corrected chi connectivity index (χ3v) is 6.79. The van der Waals surface area contributed by atoms with E-state index in [2.05, 4.69) is 20.0 Å². The second-order valence-electron chi connectivity index (χ2n) is 6.47. The minimum Gasteiger partial charge on any atom is -0.350 e. The lowest BCUT2D eigenvalue weighted by Gasteiger charge is -2.08. The SMILES string of the molecule is Cc1nc(C)c2c(C)c(C(=O)NCCS(=O)(=O)NCc3ccccc3)sc2n1. The molecule has 3 aromatic rings. The summed E-state index contributed by atoms with van der Waals surface area (Å²) in [5.41, 5.74) is 2.53. The fourth-order valence-electron chi connectivity index (χ4n) is 2.93. The quantitative estimate of drug-likeness (QED) is 0.614. The van der Waals surface area contributed by atoms with Crippen LogP contribution in [0.3, 0.4) is 0 Å². The first-order valence-electron chi connectivity index (χ1n) is 8.80. The van der Waals surface area contributed by atoms with Crippen LogP contribution in [-0.2, 0) is 16.6 Å². The van der Waals surface area contributed by atoms with Gasteiger partial charge in [0.2, 0.25) is 10.0 Å². The molecule has 0 aliphatic rings. The molecule has 0 fully saturated rings. The molecule has 9 heteroatoms. The van der Waals surface area contributed by atoms with Gasteiger partial charge in [0.1, 0.15) is 10.7 Å². The van der Waals surface area contributed by atoms with E-state index in [1.54, 1.807) is 0 Å². The summed E-state index contributed by atoms with van der Waals surface area (Å²) >= 11 is 1.30. The number of fused-ring (bicyclic) bond motifs is 1. The van der Waals surface area contributed by atoms with E-state index in [4.69, 9.17) is 0 Å². The first kappa shape index (κ1) is 20.4. The number of carbonyl (C=O) groups is 1. The van der Waals surface area contributed by atoms with Gasteiger partial charge in [0, 0.05) is 24.2 Å². The topological polar surface area (TPSA) is 101 Å². The van der Waals surface area contributed by atoms with Crippen molar-refractivity contribution in [1.82, 2.24) is 20.0 Å². The van der Waals surface area contributed by atoms with Crippen LogP contribution in [0.4, 0.5) is 0 Å². The standard InChI is InChI=1S/C19H22N4O3S2/c1-12-16-13(2)22-14(3)23-19(16)27-17(12)18(24)20-9-10-28(25,26)21-11-15-7-5-4-6-8-15/h4-8,21H,9-11H2,1-3H3,(H,20,24). The summed E-state index contributed by atoms with van der Waals surface area (Å²) < 4.78 is 26.8. The summed E-state index contributed by atoms with van der Waals surface area (Å²) in [4.78, 5) is 22.6. The van der Waals surface area contributed by atoms with Crippen LogP contribution in [0.5, 0.6) is 0 Å². The predicted octanol–water partition coefficient (Wildman–Crippen LogP) is 2.47. The summed E-state index contributed by atoms with van der Waals surface area (Å²) in [6.45, 7) is 5.82. The molecule has 0 unspecified atom stereocenters. The number of aryl methyl sites for hydroxylation is 3. The number of rotatable bonds is 7. The zero-order valence-corrected chi connectivity index (χ0v) is 17.6. The van der Waals surface area contributed by atoms with Gasteiger partial charge in [0.05, 0.1) is 10.6 Å². The molecule has 2 N–H and O–H groups in total. The van der Waals surface area contributed by atoms with Crippen molar-refractivity contribution in [3.63, 3.8) is 0 Å². The third kappa shape index (κ3) is 4.73. The van der Waals surface area contributed by atoms with Crippen LogP contribution in [0.25, 0.3) is 10.2 Å². The minimum atomic E-state index is -3.49. The second-order valence-corrected chi connectivity index (χ2v) is 9.40. The molecule has 0 bridgehead atoms. The van der Waals surface area contributed by atoms with Gasteiger partial charge in [-0.05, 0) is 31.9 Å². The zero-order valence-electron chi connectivity index (χ0n) is 15.9. The maximum absolute atomic E-state index is 12.5. The van der Waals surface area contributed by atoms with Crippen molar-refractivity contribution in [1.29, 1.82) is 0 Å². The third-order valence-electron chi connectivity index (χ3n) is 4.28. The number of benzene rings is 1. The maximum atomic E-state index is 12.5. The predicted molar refractivity (Wildman–Crippen MR) is 111 cm³/mol. The number of nitrogens with one attached hydrogen (secondary N) is 2. The molecule has 148 valence electrons. The Morgan fingerprint density at radius 3 is 2.54 bits per heavy atom. The molecule has 0 radical (unpaired) electrons. The van der Waals surface area contributed by atoms with Crippen LogP contribution in [0.2, 0.25) is 0 Å². The monoisotopic (exact) mass is 418 g/mol. The summed E-state index contributed by atoms with van der Waals surface area (Å²) in [5.74, 6) is 0.178. The highest BCUT2D eigenvalue weighted by atomic mass is 32.2. The number of aromatic nitrogens is 2. The van der Waals surface area contributed by atoms with Gasteiger partial charge in [0.15, 0.2) is 0 Å². The Kier molecular flexibility index (Phi) is 6.07. The lowest BCUT2D eigenvalue weighted by molar-refractivity contribution is 0.0959. The fraction of sp³-hybridized carbons (Fsp3) is 0.316. The van der Waals surface area contributed by atoms with Crippen LogP contribution in [0.1, 0.15) is 32.3 Å². The average molecular weight is 419 g/mol. The van der Waals surface area contributed by atoms with E-state index in [-0.39, 0.29) is 24.7 Å². The largest absolute Gasteiger partial charge is 0.350 e. The van der Waals surface area contributed by atoms with E-state index in [0.29, 0.717) is 10.7 Å². The number of carbonyl (C=O) groups excluding carboxylic acids is 1. The van der Waals surface area contributed by atoms with E-state index in [1.165, 1.54) is 11.3 Å². The molecular weight excluding hydrogens is 396 g/mol. The molecule has 0 saturated carbocycles. The lowest BCUT2D eigenvalue weighted by atomic mass is 10.1. The highest BCUT2D eigenvalue weighted by molar-refractivity contribution is 7.89. The smallest absolute Gasteiger partial charge is 0.261 e. The lowest BCUT2D eigenvalue weighted by Crippen LogP contribution is -2.34. The van der Waals surface area contributed by atoms with Gasteiger partial charge in [-0.3, -0.25) is 4.79 Å². The van der Waals surface area contributed by atoms with Gasteiger partial charge >= 0.3 is 0 Å². The molecule has 2 heterocycles. The number of thiophene rings is 1. The molecular formula is C19H22N4O3S2. The normalized spacial score (nSPS) is 11.7. The highest BCUT2D eigenvalue weighted by Gasteiger charge is 2.19. The first-order chi connectivity index (χ1) is 13.3.